The van der Waals surface area contributed by atoms with Crippen LogP contribution in [0, 0.1) is 0 Å². The third-order valence-electron chi connectivity index (χ3n) is 5.03. The average molecular weight is 426 g/mol. The highest BCUT2D eigenvalue weighted by Crippen LogP contribution is 2.29. The molecule has 0 unspecified atom stereocenters. The van der Waals surface area contributed by atoms with Gasteiger partial charge in [0.25, 0.3) is 5.91 Å². The number of hydrogen-bond acceptors (Lipinski definition) is 5. The minimum Gasteiger partial charge on any atom is -0.467 e. The number of para-hydroxylation sites is 1. The molecule has 5 rings (SSSR count). The molecule has 0 aliphatic rings. The molecule has 152 valence electrons. The van der Waals surface area contributed by atoms with E-state index in [0.29, 0.717) is 18.7 Å². The minimum atomic E-state index is -0.0725. The SMILES string of the molecule is O=C(c1cc(-c2cccs2)nc2ccccc12)N(Cc1cccnc1)Cc1ccco1. The van der Waals surface area contributed by atoms with Crippen LogP contribution in [0.2, 0.25) is 0 Å². The van der Waals surface area contributed by atoms with Gasteiger partial charge < -0.3 is 9.32 Å². The molecule has 5 nitrogen and oxygen atoms in total. The molecule has 0 bridgehead atoms. The molecule has 1 amide bonds. The first-order valence-electron chi connectivity index (χ1n) is 9.92. The third-order valence-corrected chi connectivity index (χ3v) is 5.92. The van der Waals surface area contributed by atoms with Crippen molar-refractivity contribution < 1.29 is 9.21 Å². The molecule has 0 aliphatic heterocycles. The number of hydrogen-bond donors (Lipinski definition) is 0. The van der Waals surface area contributed by atoms with Gasteiger partial charge in [0.1, 0.15) is 5.76 Å². The molecule has 0 atom stereocenters. The Hall–Kier alpha value is -3.77. The second-order valence-electron chi connectivity index (χ2n) is 7.15. The summed E-state index contributed by atoms with van der Waals surface area (Å²) in [7, 11) is 0. The van der Waals surface area contributed by atoms with Crippen LogP contribution in [-0.2, 0) is 13.1 Å². The van der Waals surface area contributed by atoms with Crippen LogP contribution in [0.25, 0.3) is 21.5 Å². The number of thiophene rings is 1. The Morgan fingerprint density at radius 1 is 1.00 bits per heavy atom. The van der Waals surface area contributed by atoms with Gasteiger partial charge in [0.15, 0.2) is 0 Å². The monoisotopic (exact) mass is 425 g/mol. The number of benzene rings is 1. The van der Waals surface area contributed by atoms with Gasteiger partial charge in [0.2, 0.25) is 0 Å². The Kier molecular flexibility index (Phi) is 5.29. The lowest BCUT2D eigenvalue weighted by Crippen LogP contribution is -2.30. The second kappa shape index (κ2) is 8.53. The smallest absolute Gasteiger partial charge is 0.255 e. The van der Waals surface area contributed by atoms with E-state index in [1.807, 2.05) is 72.1 Å². The van der Waals surface area contributed by atoms with E-state index in [1.54, 1.807) is 34.9 Å². The van der Waals surface area contributed by atoms with E-state index < -0.39 is 0 Å². The van der Waals surface area contributed by atoms with Crippen LogP contribution in [0.3, 0.4) is 0 Å². The van der Waals surface area contributed by atoms with Gasteiger partial charge in [-0.2, -0.15) is 0 Å². The number of rotatable bonds is 6. The van der Waals surface area contributed by atoms with Crippen molar-refractivity contribution in [3.05, 3.63) is 108 Å². The van der Waals surface area contributed by atoms with E-state index in [0.717, 1.165) is 32.8 Å². The molecule has 0 saturated carbocycles. The molecule has 1 aromatic carbocycles. The first-order valence-corrected chi connectivity index (χ1v) is 10.8. The van der Waals surface area contributed by atoms with Gasteiger partial charge in [-0.3, -0.25) is 9.78 Å². The van der Waals surface area contributed by atoms with E-state index >= 15 is 0 Å². The van der Waals surface area contributed by atoms with Gasteiger partial charge in [-0.05, 0) is 47.3 Å². The van der Waals surface area contributed by atoms with E-state index in [2.05, 4.69) is 4.98 Å². The van der Waals surface area contributed by atoms with Gasteiger partial charge in [-0.15, -0.1) is 11.3 Å². The number of pyridine rings is 2. The average Bonchev–Trinajstić information content (AvgIpc) is 3.53. The Morgan fingerprint density at radius 3 is 2.71 bits per heavy atom. The van der Waals surface area contributed by atoms with Gasteiger partial charge in [0.05, 0.1) is 34.5 Å². The summed E-state index contributed by atoms with van der Waals surface area (Å²) in [4.78, 5) is 25.7. The summed E-state index contributed by atoms with van der Waals surface area (Å²) >= 11 is 1.61. The van der Waals surface area contributed by atoms with E-state index in [-0.39, 0.29) is 5.91 Å². The Bertz CT molecular complexity index is 1300. The Balaban J connectivity index is 1.59. The molecule has 4 heterocycles. The van der Waals surface area contributed by atoms with Crippen LogP contribution in [0.15, 0.2) is 95.2 Å². The zero-order valence-corrected chi connectivity index (χ0v) is 17.5. The molecule has 0 saturated heterocycles. The molecular weight excluding hydrogens is 406 g/mol. The first kappa shape index (κ1) is 19.2. The quantitative estimate of drug-likeness (QED) is 0.345. The van der Waals surface area contributed by atoms with E-state index in [9.17, 15) is 4.79 Å². The Labute approximate surface area is 183 Å². The fourth-order valence-corrected chi connectivity index (χ4v) is 4.26. The summed E-state index contributed by atoms with van der Waals surface area (Å²) in [5.74, 6) is 0.658. The molecule has 4 aromatic heterocycles. The number of carbonyl (C=O) groups is 1. The molecule has 0 radical (unpaired) electrons. The molecule has 6 heteroatoms. The molecular formula is C25H19N3O2S. The zero-order valence-electron chi connectivity index (χ0n) is 16.6. The lowest BCUT2D eigenvalue weighted by molar-refractivity contribution is 0.0719. The lowest BCUT2D eigenvalue weighted by Gasteiger charge is -2.23. The largest absolute Gasteiger partial charge is 0.467 e. The predicted octanol–water partition coefficient (Wildman–Crippen LogP) is 5.79. The molecule has 0 aliphatic carbocycles. The highest BCUT2D eigenvalue weighted by Gasteiger charge is 2.22. The van der Waals surface area contributed by atoms with Crippen LogP contribution in [0.5, 0.6) is 0 Å². The van der Waals surface area contributed by atoms with Crippen molar-refractivity contribution in [1.29, 1.82) is 0 Å². The maximum absolute atomic E-state index is 13.9. The summed E-state index contributed by atoms with van der Waals surface area (Å²) in [5, 5.41) is 2.85. The maximum Gasteiger partial charge on any atom is 0.255 e. The lowest BCUT2D eigenvalue weighted by atomic mass is 10.1. The van der Waals surface area contributed by atoms with Crippen molar-refractivity contribution in [2.24, 2.45) is 0 Å². The number of carbonyl (C=O) groups excluding carboxylic acids is 1. The van der Waals surface area contributed by atoms with Crippen LogP contribution in [0.4, 0.5) is 0 Å². The first-order chi connectivity index (χ1) is 15.3. The van der Waals surface area contributed by atoms with Crippen molar-refractivity contribution in [2.45, 2.75) is 13.1 Å². The molecule has 5 aromatic rings. The van der Waals surface area contributed by atoms with Crippen LogP contribution in [-0.4, -0.2) is 20.8 Å². The molecule has 31 heavy (non-hydrogen) atoms. The van der Waals surface area contributed by atoms with Crippen molar-refractivity contribution in [2.75, 3.05) is 0 Å². The van der Waals surface area contributed by atoms with Gasteiger partial charge in [0, 0.05) is 24.3 Å². The van der Waals surface area contributed by atoms with Gasteiger partial charge in [-0.1, -0.05) is 30.3 Å². The van der Waals surface area contributed by atoms with Crippen LogP contribution in [0.1, 0.15) is 21.7 Å². The fourth-order valence-electron chi connectivity index (χ4n) is 3.58. The van der Waals surface area contributed by atoms with E-state index in [4.69, 9.17) is 9.40 Å². The van der Waals surface area contributed by atoms with Gasteiger partial charge in [-0.25, -0.2) is 4.98 Å². The summed E-state index contributed by atoms with van der Waals surface area (Å²) in [6.07, 6.45) is 5.13. The standard InChI is InChI=1S/C25H19N3O2S/c29-25(28(17-19-7-4-12-30-19)16-18-6-3-11-26-15-18)21-14-23(24-10-5-13-31-24)27-22-9-2-1-8-20(21)22/h1-15H,16-17H2. The van der Waals surface area contributed by atoms with Crippen molar-refractivity contribution in [3.8, 4) is 10.6 Å². The molecule has 0 N–H and O–H groups in total. The molecule has 0 fully saturated rings. The van der Waals surface area contributed by atoms with E-state index in [1.165, 1.54) is 0 Å². The summed E-state index contributed by atoms with van der Waals surface area (Å²) in [5.41, 5.74) is 3.19. The van der Waals surface area contributed by atoms with Crippen molar-refractivity contribution in [1.82, 2.24) is 14.9 Å². The Morgan fingerprint density at radius 2 is 1.94 bits per heavy atom. The number of amides is 1. The number of furan rings is 1. The fraction of sp³-hybridized carbons (Fsp3) is 0.0800. The minimum absolute atomic E-state index is 0.0725. The topological polar surface area (TPSA) is 59.2 Å². The predicted molar refractivity (Wildman–Crippen MR) is 122 cm³/mol. The number of aromatic nitrogens is 2. The normalized spacial score (nSPS) is 11.0. The summed E-state index contributed by atoms with van der Waals surface area (Å²) in [6, 6.07) is 21.2. The summed E-state index contributed by atoms with van der Waals surface area (Å²) < 4.78 is 5.54. The maximum atomic E-state index is 13.9. The zero-order chi connectivity index (χ0) is 21.0. The highest BCUT2D eigenvalue weighted by molar-refractivity contribution is 7.13. The van der Waals surface area contributed by atoms with Crippen LogP contribution >= 0.6 is 11.3 Å². The number of fused-ring (bicyclic) bond motifs is 1. The van der Waals surface area contributed by atoms with Gasteiger partial charge >= 0.3 is 0 Å². The van der Waals surface area contributed by atoms with Crippen LogP contribution < -0.4 is 0 Å². The number of nitrogens with zero attached hydrogens (tertiary/aromatic N) is 3. The van der Waals surface area contributed by atoms with Crippen molar-refractivity contribution >= 4 is 28.1 Å². The molecule has 0 spiro atoms. The second-order valence-corrected chi connectivity index (χ2v) is 8.10. The van der Waals surface area contributed by atoms with Crippen molar-refractivity contribution in [3.63, 3.8) is 0 Å². The third kappa shape index (κ3) is 4.11. The highest BCUT2D eigenvalue weighted by atomic mass is 32.1. The summed E-state index contributed by atoms with van der Waals surface area (Å²) in [6.45, 7) is 0.796.